The van der Waals surface area contributed by atoms with Crippen molar-refractivity contribution in [2.24, 2.45) is 0 Å². The molecule has 0 bridgehead atoms. The molecular formula is C20H17F2N3O3S. The summed E-state index contributed by atoms with van der Waals surface area (Å²) in [4.78, 5) is 29.2. The number of aromatic nitrogens is 1. The summed E-state index contributed by atoms with van der Waals surface area (Å²) in [7, 11) is 1.38. The van der Waals surface area contributed by atoms with Gasteiger partial charge in [0, 0.05) is 12.4 Å². The zero-order valence-corrected chi connectivity index (χ0v) is 16.1. The SMILES string of the molecule is CNC(=O)C(NC(=O)c1ccccc1OCc1cscn1)c1ccc(F)c(F)c1. The van der Waals surface area contributed by atoms with Crippen LogP contribution in [-0.4, -0.2) is 23.8 Å². The highest BCUT2D eigenvalue weighted by molar-refractivity contribution is 7.07. The van der Waals surface area contributed by atoms with Crippen LogP contribution < -0.4 is 15.4 Å². The number of carbonyl (C=O) groups is 2. The van der Waals surface area contributed by atoms with Crippen LogP contribution in [0.5, 0.6) is 5.75 Å². The monoisotopic (exact) mass is 417 g/mol. The fourth-order valence-corrected chi connectivity index (χ4v) is 3.13. The van der Waals surface area contributed by atoms with Gasteiger partial charge in [0.05, 0.1) is 16.8 Å². The van der Waals surface area contributed by atoms with Crippen LogP contribution in [0.25, 0.3) is 0 Å². The minimum Gasteiger partial charge on any atom is -0.486 e. The molecule has 0 fully saturated rings. The highest BCUT2D eigenvalue weighted by Crippen LogP contribution is 2.22. The second kappa shape index (κ2) is 9.24. The predicted molar refractivity (Wildman–Crippen MR) is 104 cm³/mol. The molecule has 2 aromatic carbocycles. The molecule has 150 valence electrons. The molecule has 0 aliphatic rings. The number of hydrogen-bond donors (Lipinski definition) is 2. The quantitative estimate of drug-likeness (QED) is 0.619. The van der Waals surface area contributed by atoms with Crippen molar-refractivity contribution in [1.29, 1.82) is 0 Å². The molecule has 0 saturated carbocycles. The third-order valence-corrected chi connectivity index (χ3v) is 4.69. The zero-order chi connectivity index (χ0) is 20.8. The molecule has 1 aromatic heterocycles. The van der Waals surface area contributed by atoms with E-state index < -0.39 is 29.5 Å². The van der Waals surface area contributed by atoms with Crippen LogP contribution in [0.1, 0.15) is 27.7 Å². The summed E-state index contributed by atoms with van der Waals surface area (Å²) in [6.45, 7) is 0.176. The third kappa shape index (κ3) is 4.94. The maximum Gasteiger partial charge on any atom is 0.255 e. The Bertz CT molecular complexity index is 1010. The van der Waals surface area contributed by atoms with E-state index in [1.165, 1.54) is 30.5 Å². The maximum atomic E-state index is 13.6. The first-order chi connectivity index (χ1) is 14.0. The van der Waals surface area contributed by atoms with Gasteiger partial charge in [0.1, 0.15) is 18.4 Å². The molecule has 3 rings (SSSR count). The minimum absolute atomic E-state index is 0.109. The number of ether oxygens (including phenoxy) is 1. The number of thiazole rings is 1. The van der Waals surface area contributed by atoms with E-state index >= 15 is 0 Å². The summed E-state index contributed by atoms with van der Waals surface area (Å²) in [5.41, 5.74) is 2.69. The smallest absolute Gasteiger partial charge is 0.255 e. The molecule has 1 atom stereocenters. The van der Waals surface area contributed by atoms with Crippen LogP contribution in [0.4, 0.5) is 8.78 Å². The molecule has 3 aromatic rings. The fraction of sp³-hybridized carbons (Fsp3) is 0.150. The van der Waals surface area contributed by atoms with Gasteiger partial charge < -0.3 is 15.4 Å². The van der Waals surface area contributed by atoms with Crippen molar-refractivity contribution in [2.45, 2.75) is 12.6 Å². The summed E-state index contributed by atoms with van der Waals surface area (Å²) in [6, 6.07) is 8.32. The number of nitrogens with zero attached hydrogens (tertiary/aromatic N) is 1. The van der Waals surface area contributed by atoms with Crippen molar-refractivity contribution in [3.05, 3.63) is 81.8 Å². The average molecular weight is 417 g/mol. The lowest BCUT2D eigenvalue weighted by atomic mass is 10.0. The Morgan fingerprint density at radius 2 is 1.97 bits per heavy atom. The molecular weight excluding hydrogens is 400 g/mol. The molecule has 0 aliphatic heterocycles. The highest BCUT2D eigenvalue weighted by atomic mass is 32.1. The predicted octanol–water partition coefficient (Wildman–Crippen LogP) is 3.22. The number of likely N-dealkylation sites (N-methyl/N-ethyl adjacent to an activating group) is 1. The van der Waals surface area contributed by atoms with Crippen molar-refractivity contribution < 1.29 is 23.1 Å². The van der Waals surface area contributed by atoms with Gasteiger partial charge in [-0.25, -0.2) is 13.8 Å². The van der Waals surface area contributed by atoms with E-state index in [1.54, 1.807) is 23.7 Å². The summed E-state index contributed by atoms with van der Waals surface area (Å²) >= 11 is 1.43. The Kier molecular flexibility index (Phi) is 6.50. The van der Waals surface area contributed by atoms with E-state index in [2.05, 4.69) is 15.6 Å². The molecule has 0 saturated heterocycles. The van der Waals surface area contributed by atoms with Gasteiger partial charge in [0.15, 0.2) is 11.6 Å². The van der Waals surface area contributed by atoms with E-state index in [-0.39, 0.29) is 17.7 Å². The standard InChI is InChI=1S/C20H17F2N3O3S/c1-23-20(27)18(12-6-7-15(21)16(22)8-12)25-19(26)14-4-2-3-5-17(14)28-9-13-10-29-11-24-13/h2-8,10-11,18H,9H2,1H3,(H,23,27)(H,25,26). The van der Waals surface area contributed by atoms with Crippen molar-refractivity contribution in [3.8, 4) is 5.75 Å². The molecule has 2 N–H and O–H groups in total. The number of carbonyl (C=O) groups excluding carboxylic acids is 2. The number of amides is 2. The maximum absolute atomic E-state index is 13.6. The average Bonchev–Trinajstić information content (AvgIpc) is 3.26. The van der Waals surface area contributed by atoms with E-state index in [0.717, 1.165) is 17.8 Å². The number of hydrogen-bond acceptors (Lipinski definition) is 5. The molecule has 0 radical (unpaired) electrons. The molecule has 1 heterocycles. The molecule has 9 heteroatoms. The first kappa shape index (κ1) is 20.4. The molecule has 29 heavy (non-hydrogen) atoms. The van der Waals surface area contributed by atoms with Gasteiger partial charge in [0.25, 0.3) is 5.91 Å². The van der Waals surface area contributed by atoms with Gasteiger partial charge in [-0.15, -0.1) is 11.3 Å². The van der Waals surface area contributed by atoms with Crippen molar-refractivity contribution in [1.82, 2.24) is 15.6 Å². The lowest BCUT2D eigenvalue weighted by molar-refractivity contribution is -0.122. The van der Waals surface area contributed by atoms with Gasteiger partial charge in [-0.1, -0.05) is 18.2 Å². The third-order valence-electron chi connectivity index (χ3n) is 4.05. The van der Waals surface area contributed by atoms with Gasteiger partial charge >= 0.3 is 0 Å². The number of para-hydroxylation sites is 1. The fourth-order valence-electron chi connectivity index (χ4n) is 2.59. The summed E-state index contributed by atoms with van der Waals surface area (Å²) < 4.78 is 32.5. The first-order valence-electron chi connectivity index (χ1n) is 8.56. The Morgan fingerprint density at radius 1 is 1.17 bits per heavy atom. The zero-order valence-electron chi connectivity index (χ0n) is 15.3. The summed E-state index contributed by atoms with van der Waals surface area (Å²) in [5.74, 6) is -3.03. The Morgan fingerprint density at radius 3 is 2.66 bits per heavy atom. The highest BCUT2D eigenvalue weighted by Gasteiger charge is 2.25. The first-order valence-corrected chi connectivity index (χ1v) is 9.50. The van der Waals surface area contributed by atoms with Gasteiger partial charge in [0.2, 0.25) is 5.91 Å². The molecule has 6 nitrogen and oxygen atoms in total. The topological polar surface area (TPSA) is 80.3 Å². The number of nitrogens with one attached hydrogen (secondary N) is 2. The van der Waals surface area contributed by atoms with Crippen LogP contribution in [0, 0.1) is 11.6 Å². The lowest BCUT2D eigenvalue weighted by Gasteiger charge is -2.19. The van der Waals surface area contributed by atoms with E-state index in [9.17, 15) is 18.4 Å². The van der Waals surface area contributed by atoms with E-state index in [4.69, 9.17) is 4.74 Å². The second-order valence-electron chi connectivity index (χ2n) is 5.96. The van der Waals surface area contributed by atoms with E-state index in [1.807, 2.05) is 5.38 Å². The lowest BCUT2D eigenvalue weighted by Crippen LogP contribution is -2.39. The van der Waals surface area contributed by atoms with Gasteiger partial charge in [-0.3, -0.25) is 9.59 Å². The van der Waals surface area contributed by atoms with Crippen molar-refractivity contribution in [3.63, 3.8) is 0 Å². The molecule has 0 spiro atoms. The Hall–Kier alpha value is -3.33. The van der Waals surface area contributed by atoms with Crippen LogP contribution in [-0.2, 0) is 11.4 Å². The van der Waals surface area contributed by atoms with Gasteiger partial charge in [-0.2, -0.15) is 0 Å². The molecule has 1 unspecified atom stereocenters. The van der Waals surface area contributed by atoms with Crippen molar-refractivity contribution in [2.75, 3.05) is 7.05 Å². The normalized spacial score (nSPS) is 11.6. The molecule has 0 aliphatic carbocycles. The van der Waals surface area contributed by atoms with E-state index in [0.29, 0.717) is 5.75 Å². The van der Waals surface area contributed by atoms with Crippen LogP contribution >= 0.6 is 11.3 Å². The number of rotatable bonds is 7. The van der Waals surface area contributed by atoms with Crippen LogP contribution in [0.15, 0.2) is 53.4 Å². The largest absolute Gasteiger partial charge is 0.486 e. The second-order valence-corrected chi connectivity index (χ2v) is 6.68. The van der Waals surface area contributed by atoms with Gasteiger partial charge in [-0.05, 0) is 29.8 Å². The Balaban J connectivity index is 1.82. The van der Waals surface area contributed by atoms with Crippen LogP contribution in [0.3, 0.4) is 0 Å². The summed E-state index contributed by atoms with van der Waals surface area (Å²) in [6.07, 6.45) is 0. The van der Waals surface area contributed by atoms with Crippen LogP contribution in [0.2, 0.25) is 0 Å². The number of halogens is 2. The number of benzene rings is 2. The Labute approximate surface area is 169 Å². The minimum atomic E-state index is -1.21. The molecule has 2 amide bonds. The summed E-state index contributed by atoms with van der Waals surface area (Å²) in [5, 5.41) is 6.78. The van der Waals surface area contributed by atoms with Crippen molar-refractivity contribution >= 4 is 23.2 Å².